The third kappa shape index (κ3) is 8.94. The van der Waals surface area contributed by atoms with Crippen LogP contribution in [0.3, 0.4) is 0 Å². The topological polar surface area (TPSA) is 45.2 Å². The number of nitrogens with zero attached hydrogens (tertiary/aromatic N) is 5. The second-order valence-corrected chi connectivity index (χ2v) is 8.57. The first-order valence-corrected chi connectivity index (χ1v) is 12.9. The monoisotopic (exact) mass is 485 g/mol. The van der Waals surface area contributed by atoms with Crippen LogP contribution < -0.4 is 9.80 Å². The molecule has 0 atom stereocenters. The summed E-state index contributed by atoms with van der Waals surface area (Å²) < 4.78 is 0. The maximum Gasteiger partial charge on any atom is 0.230 e. The second kappa shape index (κ2) is 15.5. The molecule has 1 rings (SSSR count). The van der Waals surface area contributed by atoms with Gasteiger partial charge in [-0.3, -0.25) is 0 Å². The van der Waals surface area contributed by atoms with Gasteiger partial charge in [0, 0.05) is 55.1 Å². The highest BCUT2D eigenvalue weighted by Crippen LogP contribution is 2.25. The van der Waals surface area contributed by atoms with Crippen LogP contribution in [0.15, 0.2) is 0 Å². The average Bonchev–Trinajstić information content (AvgIpc) is 2.67. The third-order valence-corrected chi connectivity index (χ3v) is 5.31. The van der Waals surface area contributed by atoms with Gasteiger partial charge in [0.2, 0.25) is 11.9 Å². The lowest BCUT2D eigenvalue weighted by molar-refractivity contribution is 0.602. The molecule has 0 saturated heterocycles. The molecule has 1 aromatic rings. The minimum atomic E-state index is 0.211. The van der Waals surface area contributed by atoms with E-state index in [2.05, 4.69) is 85.6 Å². The Morgan fingerprint density at radius 2 is 0.926 bits per heavy atom. The molecule has 1 aromatic heterocycles. The molecular weight excluding hydrogens is 455 g/mol. The van der Waals surface area contributed by atoms with Crippen LogP contribution in [0.5, 0.6) is 0 Å². The lowest BCUT2D eigenvalue weighted by Gasteiger charge is -2.26. The molecule has 11 heteroatoms. The van der Waals surface area contributed by atoms with E-state index in [1.807, 2.05) is 0 Å². The maximum absolute atomic E-state index is 4.81. The van der Waals surface area contributed by atoms with E-state index in [0.29, 0.717) is 11.9 Å². The molecule has 0 bridgehead atoms. The molecule has 0 fully saturated rings. The van der Waals surface area contributed by atoms with Gasteiger partial charge >= 0.3 is 0 Å². The van der Waals surface area contributed by atoms with Gasteiger partial charge in [-0.2, -0.15) is 90.7 Å². The summed E-state index contributed by atoms with van der Waals surface area (Å²) >= 11 is 26.4. The zero-order valence-electron chi connectivity index (χ0n) is 15.5. The maximum atomic E-state index is 4.81. The zero-order chi connectivity index (χ0) is 20.1. The van der Waals surface area contributed by atoms with Gasteiger partial charge in [0.1, 0.15) is 5.82 Å². The Morgan fingerprint density at radius 1 is 0.556 bits per heavy atom. The quantitative estimate of drug-likeness (QED) is 0.216. The minimum absolute atomic E-state index is 0.211. The Labute approximate surface area is 196 Å². The van der Waals surface area contributed by atoms with Crippen LogP contribution in [-0.4, -0.2) is 75.6 Å². The molecule has 5 nitrogen and oxygen atoms in total. The van der Waals surface area contributed by atoms with Crippen molar-refractivity contribution in [3.05, 3.63) is 5.82 Å². The molecule has 0 aliphatic rings. The highest BCUT2D eigenvalue weighted by Gasteiger charge is 2.21. The predicted octanol–water partition coefficient (Wildman–Crippen LogP) is 2.93. The van der Waals surface area contributed by atoms with Gasteiger partial charge in [-0.05, 0) is 24.3 Å². The van der Waals surface area contributed by atoms with E-state index < -0.39 is 0 Å². The fourth-order valence-corrected chi connectivity index (χ4v) is 4.24. The highest BCUT2D eigenvalue weighted by atomic mass is 32.1. The fourth-order valence-electron chi connectivity index (χ4n) is 2.66. The van der Waals surface area contributed by atoms with E-state index in [9.17, 15) is 0 Å². The first-order chi connectivity index (χ1) is 13.1. The summed E-state index contributed by atoms with van der Waals surface area (Å²) in [6.45, 7) is 3.04. The zero-order valence-corrected chi connectivity index (χ0v) is 20.8. The molecular formula is C16H31N5S6. The number of rotatable bonds is 15. The van der Waals surface area contributed by atoms with Crippen molar-refractivity contribution in [2.24, 2.45) is 0 Å². The Hall–Kier alpha value is 0.710. The summed E-state index contributed by atoms with van der Waals surface area (Å²) in [7, 11) is 0. The van der Waals surface area contributed by atoms with Gasteiger partial charge in [0.15, 0.2) is 0 Å². The van der Waals surface area contributed by atoms with Crippen LogP contribution in [0.4, 0.5) is 11.9 Å². The molecule has 0 unspecified atom stereocenters. The molecule has 0 aliphatic heterocycles. The number of hydrogen-bond donors (Lipinski definition) is 6. The summed E-state index contributed by atoms with van der Waals surface area (Å²) in [6.07, 6.45) is 1.82. The van der Waals surface area contributed by atoms with Crippen LogP contribution in [0, 0.1) is 0 Å². The van der Waals surface area contributed by atoms with Gasteiger partial charge in [0.25, 0.3) is 0 Å². The molecule has 1 heterocycles. The van der Waals surface area contributed by atoms with Gasteiger partial charge in [-0.1, -0.05) is 0 Å². The van der Waals surface area contributed by atoms with Crippen molar-refractivity contribution >= 4 is 87.7 Å². The van der Waals surface area contributed by atoms with E-state index in [4.69, 9.17) is 15.0 Å². The number of hydrogen-bond acceptors (Lipinski definition) is 11. The molecule has 156 valence electrons. The van der Waals surface area contributed by atoms with E-state index in [1.54, 1.807) is 0 Å². The standard InChI is InChI=1S/C16H31N5S6/c22-7-1-13(2-8-23)14-17-15(20(3-9-24)4-10-25)19-16(18-14)21(5-11-26)6-12-27/h13,22-27H,1-12H2. The molecule has 27 heavy (non-hydrogen) atoms. The van der Waals surface area contributed by atoms with E-state index in [0.717, 1.165) is 79.4 Å². The first-order valence-electron chi connectivity index (χ1n) is 9.06. The molecule has 0 radical (unpaired) electrons. The van der Waals surface area contributed by atoms with Crippen molar-refractivity contribution in [3.8, 4) is 0 Å². The molecule has 0 spiro atoms. The third-order valence-electron chi connectivity index (χ3n) is 3.99. The van der Waals surface area contributed by atoms with Crippen molar-refractivity contribution in [1.29, 1.82) is 0 Å². The number of thiol groups is 6. The lowest BCUT2D eigenvalue weighted by Crippen LogP contribution is -2.34. The van der Waals surface area contributed by atoms with E-state index in [-0.39, 0.29) is 5.92 Å². The van der Waals surface area contributed by atoms with Gasteiger partial charge in [0.05, 0.1) is 0 Å². The lowest BCUT2D eigenvalue weighted by atomic mass is 10.0. The summed E-state index contributed by atoms with van der Waals surface area (Å²) in [5, 5.41) is 0. The fraction of sp³-hybridized carbons (Fsp3) is 0.812. The molecule has 0 aromatic carbocycles. The average molecular weight is 486 g/mol. The Bertz CT molecular complexity index is 422. The number of aromatic nitrogens is 3. The summed E-state index contributed by atoms with van der Waals surface area (Å²) in [4.78, 5) is 18.6. The Morgan fingerprint density at radius 3 is 1.22 bits per heavy atom. The van der Waals surface area contributed by atoms with Crippen LogP contribution in [0.25, 0.3) is 0 Å². The SMILES string of the molecule is SCCC(CCS)c1nc(N(CCS)CCS)nc(N(CCS)CCS)n1. The Kier molecular flexibility index (Phi) is 14.8. The van der Waals surface area contributed by atoms with Crippen molar-refractivity contribution < 1.29 is 0 Å². The first kappa shape index (κ1) is 25.7. The van der Waals surface area contributed by atoms with Gasteiger partial charge in [-0.25, -0.2) is 0 Å². The van der Waals surface area contributed by atoms with Crippen molar-refractivity contribution in [1.82, 2.24) is 15.0 Å². The largest absolute Gasteiger partial charge is 0.339 e. The molecule has 0 amide bonds. The normalized spacial score (nSPS) is 11.2. The van der Waals surface area contributed by atoms with E-state index >= 15 is 0 Å². The van der Waals surface area contributed by atoms with Crippen molar-refractivity contribution in [2.75, 3.05) is 70.5 Å². The second-order valence-electron chi connectivity index (χ2n) is 5.88. The van der Waals surface area contributed by atoms with Crippen LogP contribution >= 0.6 is 75.8 Å². The summed E-state index contributed by atoms with van der Waals surface area (Å²) in [5.74, 6) is 6.83. The van der Waals surface area contributed by atoms with Crippen LogP contribution in [-0.2, 0) is 0 Å². The molecule has 0 aliphatic carbocycles. The highest BCUT2D eigenvalue weighted by molar-refractivity contribution is 7.81. The molecule has 0 N–H and O–H groups in total. The molecule has 0 saturated carbocycles. The van der Waals surface area contributed by atoms with Crippen molar-refractivity contribution in [2.45, 2.75) is 18.8 Å². The summed E-state index contributed by atoms with van der Waals surface area (Å²) in [6, 6.07) is 0. The van der Waals surface area contributed by atoms with Gasteiger partial charge < -0.3 is 9.80 Å². The van der Waals surface area contributed by atoms with Gasteiger partial charge in [-0.15, -0.1) is 0 Å². The Balaban J connectivity index is 3.38. The summed E-state index contributed by atoms with van der Waals surface area (Å²) in [5.41, 5.74) is 0. The number of anilines is 2. The smallest absolute Gasteiger partial charge is 0.230 e. The van der Waals surface area contributed by atoms with Crippen molar-refractivity contribution in [3.63, 3.8) is 0 Å². The van der Waals surface area contributed by atoms with Crippen LogP contribution in [0.2, 0.25) is 0 Å². The predicted molar refractivity (Wildman–Crippen MR) is 139 cm³/mol. The van der Waals surface area contributed by atoms with Crippen LogP contribution in [0.1, 0.15) is 24.6 Å². The van der Waals surface area contributed by atoms with E-state index in [1.165, 1.54) is 0 Å². The minimum Gasteiger partial charge on any atom is -0.339 e.